The van der Waals surface area contributed by atoms with Crippen LogP contribution in [0.1, 0.15) is 20.7 Å². The van der Waals surface area contributed by atoms with Crippen LogP contribution < -0.4 is 0 Å². The Morgan fingerprint density at radius 2 is 1.38 bits per heavy atom. The van der Waals surface area contributed by atoms with Gasteiger partial charge in [0.05, 0.1) is 0 Å². The summed E-state index contributed by atoms with van der Waals surface area (Å²) in [6.45, 7) is 2.10. The molecule has 0 aromatic heterocycles. The number of rotatable bonds is 2. The molecule has 1 fully saturated rings. The second-order valence-corrected chi connectivity index (χ2v) is 6.95. The third kappa shape index (κ3) is 3.79. The number of amides is 2. The number of halogens is 2. The monoisotopic (exact) mass is 406 g/mol. The topological polar surface area (TPSA) is 40.6 Å². The second kappa shape index (κ2) is 7.36. The van der Waals surface area contributed by atoms with Crippen molar-refractivity contribution < 1.29 is 9.59 Å². The van der Waals surface area contributed by atoms with Gasteiger partial charge in [0.2, 0.25) is 0 Å². The predicted octanol–water partition coefficient (Wildman–Crippen LogP) is 3.70. The van der Waals surface area contributed by atoms with Crippen molar-refractivity contribution in [3.8, 4) is 0 Å². The van der Waals surface area contributed by atoms with E-state index in [0.29, 0.717) is 42.3 Å². The van der Waals surface area contributed by atoms with Crippen LogP contribution in [0.15, 0.2) is 53.0 Å². The summed E-state index contributed by atoms with van der Waals surface area (Å²) >= 11 is 9.31. The van der Waals surface area contributed by atoms with E-state index in [1.807, 2.05) is 12.1 Å². The molecule has 2 amide bonds. The van der Waals surface area contributed by atoms with Crippen molar-refractivity contribution in [2.45, 2.75) is 0 Å². The summed E-state index contributed by atoms with van der Waals surface area (Å²) in [5.41, 5.74) is 1.24. The molecule has 1 aliphatic rings. The Morgan fingerprint density at radius 3 is 1.92 bits per heavy atom. The van der Waals surface area contributed by atoms with Crippen LogP contribution in [0, 0.1) is 0 Å². The minimum Gasteiger partial charge on any atom is -0.335 e. The average molecular weight is 408 g/mol. The summed E-state index contributed by atoms with van der Waals surface area (Å²) in [5.74, 6) is -0.0504. The Bertz CT molecular complexity index is 756. The first kappa shape index (κ1) is 17.0. The maximum absolute atomic E-state index is 12.5. The minimum atomic E-state index is -0.0479. The maximum Gasteiger partial charge on any atom is 0.254 e. The van der Waals surface area contributed by atoms with E-state index < -0.39 is 0 Å². The highest BCUT2D eigenvalue weighted by molar-refractivity contribution is 9.10. The molecule has 0 unspecified atom stereocenters. The Balaban J connectivity index is 1.62. The van der Waals surface area contributed by atoms with E-state index in [9.17, 15) is 9.59 Å². The molecule has 2 aromatic carbocycles. The minimum absolute atomic E-state index is 0.00245. The van der Waals surface area contributed by atoms with E-state index in [0.717, 1.165) is 4.47 Å². The summed E-state index contributed by atoms with van der Waals surface area (Å²) in [4.78, 5) is 28.5. The van der Waals surface area contributed by atoms with Crippen molar-refractivity contribution >= 4 is 39.3 Å². The normalized spacial score (nSPS) is 14.6. The van der Waals surface area contributed by atoms with Gasteiger partial charge in [-0.05, 0) is 42.5 Å². The van der Waals surface area contributed by atoms with Crippen molar-refractivity contribution in [3.05, 3.63) is 69.2 Å². The lowest BCUT2D eigenvalue weighted by atomic mass is 10.1. The molecular formula is C18H16BrClN2O2. The summed E-state index contributed by atoms with van der Waals surface area (Å²) in [7, 11) is 0. The molecule has 0 spiro atoms. The van der Waals surface area contributed by atoms with E-state index in [4.69, 9.17) is 11.6 Å². The van der Waals surface area contributed by atoms with Crippen LogP contribution in [-0.2, 0) is 0 Å². The fraction of sp³-hybridized carbons (Fsp3) is 0.222. The third-order valence-electron chi connectivity index (χ3n) is 4.02. The van der Waals surface area contributed by atoms with Crippen molar-refractivity contribution in [2.75, 3.05) is 26.2 Å². The molecule has 2 aromatic rings. The van der Waals surface area contributed by atoms with Gasteiger partial charge >= 0.3 is 0 Å². The largest absolute Gasteiger partial charge is 0.335 e. The average Bonchev–Trinajstić information content (AvgIpc) is 2.61. The molecule has 0 aliphatic carbocycles. The van der Waals surface area contributed by atoms with Gasteiger partial charge in [0.1, 0.15) is 0 Å². The van der Waals surface area contributed by atoms with Crippen LogP contribution in [0.5, 0.6) is 0 Å². The predicted molar refractivity (Wildman–Crippen MR) is 97.4 cm³/mol. The number of piperazine rings is 1. The molecule has 1 aliphatic heterocycles. The van der Waals surface area contributed by atoms with Gasteiger partial charge in [0.25, 0.3) is 11.8 Å². The number of carbonyl (C=O) groups is 2. The fourth-order valence-electron chi connectivity index (χ4n) is 2.69. The number of carbonyl (C=O) groups excluding carboxylic acids is 2. The lowest BCUT2D eigenvalue weighted by molar-refractivity contribution is 0.0535. The van der Waals surface area contributed by atoms with Gasteiger partial charge in [0.15, 0.2) is 0 Å². The molecule has 24 heavy (non-hydrogen) atoms. The van der Waals surface area contributed by atoms with Gasteiger partial charge in [-0.15, -0.1) is 0 Å². The summed E-state index contributed by atoms with van der Waals surface area (Å²) in [5, 5.41) is 0.546. The zero-order valence-corrected chi connectivity index (χ0v) is 15.3. The second-order valence-electron chi connectivity index (χ2n) is 5.60. The maximum atomic E-state index is 12.5. The van der Waals surface area contributed by atoms with E-state index in [-0.39, 0.29) is 11.8 Å². The van der Waals surface area contributed by atoms with Crippen LogP contribution in [0.2, 0.25) is 5.02 Å². The molecule has 0 bridgehead atoms. The summed E-state index contributed by atoms with van der Waals surface area (Å²) < 4.78 is 0.941. The van der Waals surface area contributed by atoms with Crippen molar-refractivity contribution in [1.29, 1.82) is 0 Å². The highest BCUT2D eigenvalue weighted by Crippen LogP contribution is 2.16. The standard InChI is InChI=1S/C18H16BrClN2O2/c19-15-6-4-13(5-7-15)17(23)21-8-10-22(11-9-21)18(24)14-2-1-3-16(20)12-14/h1-7,12H,8-11H2. The van der Waals surface area contributed by atoms with Crippen molar-refractivity contribution in [3.63, 3.8) is 0 Å². The molecule has 6 heteroatoms. The quantitative estimate of drug-likeness (QED) is 0.761. The molecule has 0 saturated carbocycles. The number of benzene rings is 2. The van der Waals surface area contributed by atoms with Gasteiger partial charge in [-0.1, -0.05) is 33.6 Å². The Kier molecular flexibility index (Phi) is 5.21. The number of hydrogen-bond donors (Lipinski definition) is 0. The lowest BCUT2D eigenvalue weighted by Crippen LogP contribution is -2.50. The molecule has 1 saturated heterocycles. The van der Waals surface area contributed by atoms with E-state index >= 15 is 0 Å². The Labute approximate surface area is 154 Å². The first-order chi connectivity index (χ1) is 11.5. The van der Waals surface area contributed by atoms with Crippen molar-refractivity contribution in [1.82, 2.24) is 9.80 Å². The van der Waals surface area contributed by atoms with Crippen LogP contribution in [-0.4, -0.2) is 47.8 Å². The number of nitrogens with zero attached hydrogens (tertiary/aromatic N) is 2. The summed E-state index contributed by atoms with van der Waals surface area (Å²) in [6, 6.07) is 14.2. The van der Waals surface area contributed by atoms with Crippen LogP contribution in [0.3, 0.4) is 0 Å². The van der Waals surface area contributed by atoms with Crippen LogP contribution in [0.25, 0.3) is 0 Å². The SMILES string of the molecule is O=C(c1ccc(Br)cc1)N1CCN(C(=O)c2cccc(Cl)c2)CC1. The highest BCUT2D eigenvalue weighted by Gasteiger charge is 2.25. The molecule has 124 valence electrons. The van der Waals surface area contributed by atoms with E-state index in [1.165, 1.54) is 0 Å². The molecule has 1 heterocycles. The van der Waals surface area contributed by atoms with Gasteiger partial charge in [-0.3, -0.25) is 9.59 Å². The fourth-order valence-corrected chi connectivity index (χ4v) is 3.15. The van der Waals surface area contributed by atoms with Crippen LogP contribution in [0.4, 0.5) is 0 Å². The molecule has 0 N–H and O–H groups in total. The van der Waals surface area contributed by atoms with Gasteiger partial charge in [-0.25, -0.2) is 0 Å². The summed E-state index contributed by atoms with van der Waals surface area (Å²) in [6.07, 6.45) is 0. The Morgan fingerprint density at radius 1 is 0.833 bits per heavy atom. The first-order valence-corrected chi connectivity index (χ1v) is 8.81. The van der Waals surface area contributed by atoms with E-state index in [1.54, 1.807) is 46.2 Å². The highest BCUT2D eigenvalue weighted by atomic mass is 79.9. The smallest absolute Gasteiger partial charge is 0.254 e. The van der Waals surface area contributed by atoms with Gasteiger partial charge in [0, 0.05) is 46.8 Å². The van der Waals surface area contributed by atoms with Crippen LogP contribution >= 0.6 is 27.5 Å². The molecule has 4 nitrogen and oxygen atoms in total. The molecule has 0 radical (unpaired) electrons. The first-order valence-electron chi connectivity index (χ1n) is 7.64. The molecule has 0 atom stereocenters. The molecular weight excluding hydrogens is 392 g/mol. The number of hydrogen-bond acceptors (Lipinski definition) is 2. The van der Waals surface area contributed by atoms with Gasteiger partial charge < -0.3 is 9.80 Å². The van der Waals surface area contributed by atoms with Crippen molar-refractivity contribution in [2.24, 2.45) is 0 Å². The third-order valence-corrected chi connectivity index (χ3v) is 4.78. The zero-order chi connectivity index (χ0) is 17.1. The molecule has 3 rings (SSSR count). The lowest BCUT2D eigenvalue weighted by Gasteiger charge is -2.35. The zero-order valence-electron chi connectivity index (χ0n) is 12.9. The Hall–Kier alpha value is -1.85. The van der Waals surface area contributed by atoms with Gasteiger partial charge in [-0.2, -0.15) is 0 Å². The van der Waals surface area contributed by atoms with E-state index in [2.05, 4.69) is 15.9 Å².